The van der Waals surface area contributed by atoms with Crippen LogP contribution in [-0.4, -0.2) is 96.7 Å². The maximum absolute atomic E-state index is 6.64. The minimum atomic E-state index is 0.268. The summed E-state index contributed by atoms with van der Waals surface area (Å²) in [4.78, 5) is 7.05. The lowest BCUT2D eigenvalue weighted by molar-refractivity contribution is 0.440. The molecule has 0 fully saturated rings. The first-order valence-corrected chi connectivity index (χ1v) is 40.1. The number of hydrogen-bond donors (Lipinski definition) is 0. The van der Waals surface area contributed by atoms with Crippen LogP contribution in [0.4, 0.5) is 0 Å². The van der Waals surface area contributed by atoms with Gasteiger partial charge in [0.1, 0.15) is 23.0 Å². The van der Waals surface area contributed by atoms with Crippen LogP contribution in [0.5, 0.6) is 23.0 Å². The summed E-state index contributed by atoms with van der Waals surface area (Å²) in [6, 6.07) is 54.4. The van der Waals surface area contributed by atoms with Crippen molar-refractivity contribution < 1.29 is 18.9 Å². The zero-order valence-corrected chi connectivity index (χ0v) is 66.8. The second kappa shape index (κ2) is 35.3. The van der Waals surface area contributed by atoms with Crippen molar-refractivity contribution in [2.45, 2.75) is 156 Å². The lowest BCUT2D eigenvalue weighted by Crippen LogP contribution is -2.26. The maximum Gasteiger partial charge on any atom is 0.264 e. The highest BCUT2D eigenvalue weighted by Crippen LogP contribution is 2.49. The first-order valence-electron chi connectivity index (χ1n) is 36.9. The van der Waals surface area contributed by atoms with Gasteiger partial charge in [0.2, 0.25) is 0 Å². The van der Waals surface area contributed by atoms with E-state index in [4.69, 9.17) is 67.8 Å². The first kappa shape index (κ1) is 75.6. The van der Waals surface area contributed by atoms with E-state index in [9.17, 15) is 0 Å². The number of unbranched alkanes of at least 4 members (excludes halogenated alkanes) is 12. The molecule has 0 atom stereocenters. The molecule has 0 aliphatic heterocycles. The monoisotopic (exact) mass is 1470 g/mol. The number of ether oxygens (including phenoxy) is 4. The predicted molar refractivity (Wildman–Crippen MR) is 459 cm³/mol. The van der Waals surface area contributed by atoms with Crippen molar-refractivity contribution in [1.29, 1.82) is 0 Å². The second-order valence-corrected chi connectivity index (χ2v) is 31.9. The fourth-order valence-corrected chi connectivity index (χ4v) is 16.1. The smallest absolute Gasteiger partial charge is 0.264 e. The van der Waals surface area contributed by atoms with Gasteiger partial charge in [-0.15, -0.1) is 22.7 Å². The van der Waals surface area contributed by atoms with Gasteiger partial charge in [0, 0.05) is 119 Å². The molecule has 0 aliphatic rings. The van der Waals surface area contributed by atoms with Gasteiger partial charge in [0.05, 0.1) is 0 Å². The summed E-state index contributed by atoms with van der Waals surface area (Å²) in [5.74, 6) is 2.06. The highest BCUT2D eigenvalue weighted by Gasteiger charge is 2.26. The average Bonchev–Trinajstić information content (AvgIpc) is 1.41. The topological polar surface area (TPSA) is 49.9 Å². The molecule has 0 saturated carbocycles. The van der Waals surface area contributed by atoms with E-state index in [0.717, 1.165) is 58.4 Å². The van der Waals surface area contributed by atoms with Gasteiger partial charge in [-0.05, 0) is 238 Å². The van der Waals surface area contributed by atoms with E-state index < -0.39 is 0 Å². The van der Waals surface area contributed by atoms with Gasteiger partial charge < -0.3 is 38.5 Å². The number of hydrogen-bond acceptors (Lipinski definition) is 10. The fraction of sp³-hybridized carbons (Fsp3) is 0.364. The number of thiophene rings is 2. The van der Waals surface area contributed by atoms with Crippen molar-refractivity contribution in [2.75, 3.05) is 56.4 Å². The standard InChI is InChI=1S/C50H62N4O4S4.C38H38S2/c1-11-13-15-17-19-33-21-23-35-27-39(43(29-37(35)25-33)55-47(59)51(3)4)41-31-46(58-50(62)54(9)10)42(32-45(41)57-49(61)53(7)8)40-28-36-24-22-34(20-18-16-14-12-2)26-38(36)30-44(40)56-48(60)52(5)6;1-3-5-7-9-11-25-13-15-27-19-31-33-23-38-34(24-37(33)39-35(31)21-29(27)17-25)32-20-28-16-14-26(12-10-8-6-4-2)18-30(28)22-36(32)40-38/h21-32H,11-20H2,1-10H3;13-24H,3-12H2,1-2H3. The molecule has 0 saturated heterocycles. The summed E-state index contributed by atoms with van der Waals surface area (Å²) in [5, 5.41) is 16.4. The third-order valence-electron chi connectivity index (χ3n) is 19.3. The molecule has 0 bridgehead atoms. The second-order valence-electron chi connectivity index (χ2n) is 28.3. The van der Waals surface area contributed by atoms with Gasteiger partial charge in [0.25, 0.3) is 20.7 Å². The molecule has 12 aromatic rings. The molecule has 0 radical (unpaired) electrons. The highest BCUT2D eigenvalue weighted by atomic mass is 32.1. The number of rotatable bonds is 26. The SMILES string of the molecule is CCCCCCc1ccc2cc(-c3cc(OC(=S)N(C)C)c(-c4cc5ccc(CCCCCC)cc5cc4OC(=S)N(C)C)cc3OC(=S)N(C)C)c(OC(=S)N(C)C)cc2c1.CCCCCCc1ccc2cc3c(cc2c1)sc1cc2c(cc13)sc1cc3cc(CCCCCC)ccc3cc12. The number of fused-ring (bicyclic) bond motifs is 10. The first-order chi connectivity index (χ1) is 49.3. The Labute approximate surface area is 634 Å². The molecular formula is C88H100N4O4S6. The quantitative estimate of drug-likeness (QED) is 0.0383. The number of aryl methyl sites for hydroxylation is 4. The van der Waals surface area contributed by atoms with Crippen LogP contribution in [0.2, 0.25) is 0 Å². The molecule has 0 unspecified atom stereocenters. The lowest BCUT2D eigenvalue weighted by Gasteiger charge is -2.24. The van der Waals surface area contributed by atoms with E-state index in [0.29, 0.717) is 44.5 Å². The maximum atomic E-state index is 6.64. The van der Waals surface area contributed by atoms with Gasteiger partial charge in [-0.25, -0.2) is 0 Å². The number of thiocarbonyl (C=S) groups is 4. The normalized spacial score (nSPS) is 11.5. The zero-order valence-electron chi connectivity index (χ0n) is 61.9. The zero-order chi connectivity index (χ0) is 72.1. The number of nitrogens with zero attached hydrogens (tertiary/aromatic N) is 4. The number of benzene rings is 10. The summed E-state index contributed by atoms with van der Waals surface area (Å²) >= 11 is 27.0. The third-order valence-corrected chi connectivity index (χ3v) is 23.3. The molecule has 2 heterocycles. The lowest BCUT2D eigenvalue weighted by atomic mass is 9.93. The minimum absolute atomic E-state index is 0.268. The van der Waals surface area contributed by atoms with Crippen LogP contribution in [0.15, 0.2) is 146 Å². The highest BCUT2D eigenvalue weighted by molar-refractivity contribution is 7.80. The van der Waals surface area contributed by atoms with Crippen molar-refractivity contribution in [3.05, 3.63) is 168 Å². The molecule has 8 nitrogen and oxygen atoms in total. The Balaban J connectivity index is 0.000000223. The summed E-state index contributed by atoms with van der Waals surface area (Å²) in [6.07, 6.45) is 24.6. The van der Waals surface area contributed by atoms with Crippen LogP contribution in [0.1, 0.15) is 153 Å². The molecule has 10 aromatic carbocycles. The van der Waals surface area contributed by atoms with Crippen LogP contribution in [0.25, 0.3) is 106 Å². The van der Waals surface area contributed by atoms with Gasteiger partial charge in [-0.1, -0.05) is 178 Å². The third kappa shape index (κ3) is 18.5. The van der Waals surface area contributed by atoms with Gasteiger partial charge in [-0.3, -0.25) is 0 Å². The molecule has 532 valence electrons. The van der Waals surface area contributed by atoms with Crippen LogP contribution in [0.3, 0.4) is 0 Å². The van der Waals surface area contributed by atoms with Crippen LogP contribution in [0, 0.1) is 0 Å². The van der Waals surface area contributed by atoms with Crippen LogP contribution in [-0.2, 0) is 25.7 Å². The Morgan fingerprint density at radius 3 is 0.794 bits per heavy atom. The summed E-state index contributed by atoms with van der Waals surface area (Å²) in [6.45, 7) is 9.04. The van der Waals surface area contributed by atoms with Gasteiger partial charge >= 0.3 is 0 Å². The summed E-state index contributed by atoms with van der Waals surface area (Å²) in [7, 11) is 14.9. The summed E-state index contributed by atoms with van der Waals surface area (Å²) < 4.78 is 31.9. The average molecular weight is 1470 g/mol. The van der Waals surface area contributed by atoms with Crippen LogP contribution < -0.4 is 18.9 Å². The largest absolute Gasteiger partial charge is 0.431 e. The van der Waals surface area contributed by atoms with Crippen molar-refractivity contribution in [3.8, 4) is 45.3 Å². The van der Waals surface area contributed by atoms with Gasteiger partial charge in [-0.2, -0.15) is 0 Å². The van der Waals surface area contributed by atoms with Crippen LogP contribution >= 0.6 is 71.5 Å². The molecular weight excluding hydrogens is 1370 g/mol. The molecule has 14 heteroatoms. The Bertz CT molecular complexity index is 4710. The van der Waals surface area contributed by atoms with Crippen molar-refractivity contribution in [2.24, 2.45) is 0 Å². The molecule has 0 N–H and O–H groups in total. The van der Waals surface area contributed by atoms with Gasteiger partial charge in [0.15, 0.2) is 0 Å². The Kier molecular flexibility index (Phi) is 26.1. The van der Waals surface area contributed by atoms with E-state index in [1.807, 2.05) is 91.2 Å². The van der Waals surface area contributed by atoms with E-state index in [-0.39, 0.29) is 10.3 Å². The summed E-state index contributed by atoms with van der Waals surface area (Å²) in [5.41, 5.74) is 8.31. The molecule has 12 rings (SSSR count). The predicted octanol–water partition coefficient (Wildman–Crippen LogP) is 25.4. The Hall–Kier alpha value is -7.56. The Morgan fingerprint density at radius 1 is 0.265 bits per heavy atom. The molecule has 0 spiro atoms. The van der Waals surface area contributed by atoms with E-state index >= 15 is 0 Å². The minimum Gasteiger partial charge on any atom is -0.431 e. The molecule has 0 amide bonds. The molecule has 2 aromatic heterocycles. The van der Waals surface area contributed by atoms with Crippen molar-refractivity contribution in [3.63, 3.8) is 0 Å². The molecule has 102 heavy (non-hydrogen) atoms. The van der Waals surface area contributed by atoms with E-state index in [1.165, 1.54) is 187 Å². The molecule has 0 aliphatic carbocycles. The fourth-order valence-electron chi connectivity index (χ4n) is 13.4. The van der Waals surface area contributed by atoms with Crippen molar-refractivity contribution in [1.82, 2.24) is 19.6 Å². The van der Waals surface area contributed by atoms with E-state index in [2.05, 4.69) is 161 Å². The Morgan fingerprint density at radius 2 is 0.510 bits per heavy atom. The van der Waals surface area contributed by atoms with Crippen molar-refractivity contribution >= 4 is 176 Å². The van der Waals surface area contributed by atoms with E-state index in [1.54, 1.807) is 19.6 Å².